The van der Waals surface area contributed by atoms with E-state index in [1.807, 2.05) is 36.0 Å². The van der Waals surface area contributed by atoms with Crippen molar-refractivity contribution in [1.82, 2.24) is 25.1 Å². The zero-order chi connectivity index (χ0) is 22.7. The summed E-state index contributed by atoms with van der Waals surface area (Å²) < 4.78 is 1.90. The lowest BCUT2D eigenvalue weighted by molar-refractivity contribution is 0.0954. The van der Waals surface area contributed by atoms with Crippen molar-refractivity contribution in [3.63, 3.8) is 0 Å². The van der Waals surface area contributed by atoms with Crippen LogP contribution in [0.2, 0.25) is 0 Å². The topological polar surface area (TPSA) is 72.7 Å². The molecule has 32 heavy (non-hydrogen) atoms. The minimum absolute atomic E-state index is 0.131. The second-order valence-electron chi connectivity index (χ2n) is 8.82. The van der Waals surface area contributed by atoms with Crippen LogP contribution in [0.25, 0.3) is 10.7 Å². The van der Waals surface area contributed by atoms with Crippen molar-refractivity contribution in [2.24, 2.45) is 0 Å². The van der Waals surface area contributed by atoms with Gasteiger partial charge in [-0.1, -0.05) is 51.1 Å². The number of rotatable bonds is 6. The van der Waals surface area contributed by atoms with Gasteiger partial charge in [0.2, 0.25) is 0 Å². The summed E-state index contributed by atoms with van der Waals surface area (Å²) in [5.74, 6) is -0.131. The van der Waals surface area contributed by atoms with Crippen LogP contribution in [0.1, 0.15) is 52.8 Å². The number of nitrogens with one attached hydrogen (secondary N) is 1. The van der Waals surface area contributed by atoms with Gasteiger partial charge >= 0.3 is 0 Å². The van der Waals surface area contributed by atoms with E-state index in [4.69, 9.17) is 0 Å². The van der Waals surface area contributed by atoms with Crippen LogP contribution in [0.4, 0.5) is 0 Å². The Morgan fingerprint density at radius 2 is 1.88 bits per heavy atom. The number of pyridine rings is 1. The number of hydrogen-bond acceptors (Lipinski definition) is 5. The van der Waals surface area contributed by atoms with Gasteiger partial charge in [-0.25, -0.2) is 4.98 Å². The van der Waals surface area contributed by atoms with Gasteiger partial charge in [0, 0.05) is 25.1 Å². The van der Waals surface area contributed by atoms with Crippen molar-refractivity contribution < 1.29 is 4.79 Å². The lowest BCUT2D eigenvalue weighted by Gasteiger charge is -2.19. The Balaban J connectivity index is 1.43. The van der Waals surface area contributed by atoms with Crippen molar-refractivity contribution in [3.05, 3.63) is 88.3 Å². The number of aromatic nitrogens is 4. The van der Waals surface area contributed by atoms with Gasteiger partial charge in [0.05, 0.1) is 12.2 Å². The SMILES string of the molecule is Cc1nc(-c2ccn(Cc3ccc(C(C)(C)C)cc3)n2)sc1C(=O)NCc1cccnc1. The number of thiazole rings is 1. The average Bonchev–Trinajstić information content (AvgIpc) is 3.39. The maximum atomic E-state index is 12.6. The third-order valence-corrected chi connectivity index (χ3v) is 6.38. The number of aryl methyl sites for hydroxylation is 1. The summed E-state index contributed by atoms with van der Waals surface area (Å²) in [7, 11) is 0. The van der Waals surface area contributed by atoms with Gasteiger partial charge in [-0.2, -0.15) is 5.10 Å². The highest BCUT2D eigenvalue weighted by Crippen LogP contribution is 2.27. The lowest BCUT2D eigenvalue weighted by atomic mass is 9.87. The summed E-state index contributed by atoms with van der Waals surface area (Å²) in [5.41, 5.74) is 5.09. The van der Waals surface area contributed by atoms with E-state index in [-0.39, 0.29) is 11.3 Å². The number of nitrogens with zero attached hydrogens (tertiary/aromatic N) is 4. The molecular formula is C25H27N5OS. The molecule has 0 atom stereocenters. The molecule has 4 rings (SSSR count). The molecule has 0 fully saturated rings. The second kappa shape index (κ2) is 9.04. The van der Waals surface area contributed by atoms with Gasteiger partial charge in [-0.15, -0.1) is 11.3 Å². The molecule has 164 valence electrons. The molecule has 0 radical (unpaired) electrons. The van der Waals surface area contributed by atoms with Crippen LogP contribution >= 0.6 is 11.3 Å². The molecule has 4 aromatic rings. The lowest BCUT2D eigenvalue weighted by Crippen LogP contribution is -2.22. The molecule has 0 aliphatic carbocycles. The van der Waals surface area contributed by atoms with Gasteiger partial charge in [-0.05, 0) is 41.2 Å². The molecule has 0 saturated carbocycles. The predicted molar refractivity (Wildman–Crippen MR) is 128 cm³/mol. The van der Waals surface area contributed by atoms with Crippen LogP contribution in [0.5, 0.6) is 0 Å². The molecule has 1 N–H and O–H groups in total. The number of hydrogen-bond donors (Lipinski definition) is 1. The maximum Gasteiger partial charge on any atom is 0.263 e. The standard InChI is InChI=1S/C25H27N5OS/c1-17-22(23(31)27-15-19-6-5-12-26-14-19)32-24(28-17)21-11-13-30(29-21)16-18-7-9-20(10-8-18)25(2,3)4/h5-14H,15-16H2,1-4H3,(H,27,31). The monoisotopic (exact) mass is 445 g/mol. The Bertz CT molecular complexity index is 1200. The first-order valence-electron chi connectivity index (χ1n) is 10.6. The van der Waals surface area contributed by atoms with Crippen LogP contribution < -0.4 is 5.32 Å². The van der Waals surface area contributed by atoms with E-state index < -0.39 is 0 Å². The van der Waals surface area contributed by atoms with Gasteiger partial charge in [-0.3, -0.25) is 14.5 Å². The highest BCUT2D eigenvalue weighted by Gasteiger charge is 2.18. The Kier molecular flexibility index (Phi) is 6.19. The van der Waals surface area contributed by atoms with Gasteiger partial charge in [0.15, 0.2) is 0 Å². The maximum absolute atomic E-state index is 12.6. The summed E-state index contributed by atoms with van der Waals surface area (Å²) in [6.07, 6.45) is 5.41. The number of amides is 1. The number of benzene rings is 1. The largest absolute Gasteiger partial charge is 0.347 e. The van der Waals surface area contributed by atoms with E-state index in [2.05, 4.69) is 65.4 Å². The predicted octanol–water partition coefficient (Wildman–Crippen LogP) is 4.99. The summed E-state index contributed by atoms with van der Waals surface area (Å²) in [6, 6.07) is 14.4. The average molecular weight is 446 g/mol. The summed E-state index contributed by atoms with van der Waals surface area (Å²) in [6.45, 7) is 9.61. The van der Waals surface area contributed by atoms with E-state index in [9.17, 15) is 4.79 Å². The fourth-order valence-electron chi connectivity index (χ4n) is 3.34. The molecule has 7 heteroatoms. The Labute approximate surface area is 192 Å². The van der Waals surface area contributed by atoms with Crippen LogP contribution in [0.15, 0.2) is 61.1 Å². The molecule has 3 aromatic heterocycles. The van der Waals surface area contributed by atoms with E-state index in [0.717, 1.165) is 16.3 Å². The molecule has 0 unspecified atom stereocenters. The molecular weight excluding hydrogens is 418 g/mol. The molecule has 1 amide bonds. The second-order valence-corrected chi connectivity index (χ2v) is 9.82. The van der Waals surface area contributed by atoms with Crippen molar-refractivity contribution in [2.45, 2.75) is 46.2 Å². The van der Waals surface area contributed by atoms with Crippen LogP contribution in [-0.4, -0.2) is 25.7 Å². The van der Waals surface area contributed by atoms with Crippen LogP contribution in [0, 0.1) is 6.92 Å². The molecule has 0 spiro atoms. The molecule has 1 aromatic carbocycles. The van der Waals surface area contributed by atoms with E-state index in [1.165, 1.54) is 22.5 Å². The van der Waals surface area contributed by atoms with Crippen molar-refractivity contribution in [1.29, 1.82) is 0 Å². The molecule has 0 aliphatic rings. The molecule has 3 heterocycles. The van der Waals surface area contributed by atoms with Crippen molar-refractivity contribution in [3.8, 4) is 10.7 Å². The van der Waals surface area contributed by atoms with Crippen molar-refractivity contribution in [2.75, 3.05) is 0 Å². The van der Waals surface area contributed by atoms with Gasteiger partial charge < -0.3 is 5.32 Å². The van der Waals surface area contributed by atoms with Crippen LogP contribution in [-0.2, 0) is 18.5 Å². The normalized spacial score (nSPS) is 11.5. The Hall–Kier alpha value is -3.32. The fraction of sp³-hybridized carbons (Fsp3) is 0.280. The molecule has 6 nitrogen and oxygen atoms in total. The van der Waals surface area contributed by atoms with E-state index in [1.54, 1.807) is 12.4 Å². The molecule has 0 aliphatic heterocycles. The first-order chi connectivity index (χ1) is 15.3. The number of carbonyl (C=O) groups is 1. The summed E-state index contributed by atoms with van der Waals surface area (Å²) in [5, 5.41) is 8.36. The first kappa shape index (κ1) is 21.9. The first-order valence-corrected chi connectivity index (χ1v) is 11.4. The van der Waals surface area contributed by atoms with Gasteiger partial charge in [0.1, 0.15) is 15.6 Å². The quantitative estimate of drug-likeness (QED) is 0.454. The zero-order valence-corrected chi connectivity index (χ0v) is 19.6. The highest BCUT2D eigenvalue weighted by atomic mass is 32.1. The van der Waals surface area contributed by atoms with Crippen LogP contribution in [0.3, 0.4) is 0 Å². The van der Waals surface area contributed by atoms with Crippen molar-refractivity contribution >= 4 is 17.2 Å². The third-order valence-electron chi connectivity index (χ3n) is 5.20. The fourth-order valence-corrected chi connectivity index (χ4v) is 4.29. The Morgan fingerprint density at radius 3 is 2.56 bits per heavy atom. The zero-order valence-electron chi connectivity index (χ0n) is 18.8. The number of carbonyl (C=O) groups excluding carboxylic acids is 1. The van der Waals surface area contributed by atoms with Gasteiger partial charge in [0.25, 0.3) is 5.91 Å². The van der Waals surface area contributed by atoms with E-state index >= 15 is 0 Å². The highest BCUT2D eigenvalue weighted by molar-refractivity contribution is 7.17. The smallest absolute Gasteiger partial charge is 0.263 e. The third kappa shape index (κ3) is 5.11. The minimum Gasteiger partial charge on any atom is -0.347 e. The minimum atomic E-state index is -0.131. The summed E-state index contributed by atoms with van der Waals surface area (Å²) in [4.78, 5) is 21.9. The summed E-state index contributed by atoms with van der Waals surface area (Å²) >= 11 is 1.37. The van der Waals surface area contributed by atoms with E-state index in [0.29, 0.717) is 23.7 Å². The Morgan fingerprint density at radius 1 is 1.09 bits per heavy atom. The molecule has 0 bridgehead atoms. The molecule has 0 saturated heterocycles.